The minimum atomic E-state index is -0.915. The van der Waals surface area contributed by atoms with Gasteiger partial charge in [0.25, 0.3) is 0 Å². The molecule has 1 N–H and O–H groups in total. The van der Waals surface area contributed by atoms with Gasteiger partial charge in [-0.3, -0.25) is 0 Å². The molecule has 0 aliphatic carbocycles. The molecule has 0 fully saturated rings. The molecule has 0 unspecified atom stereocenters. The van der Waals surface area contributed by atoms with Crippen LogP contribution in [0.2, 0.25) is 0 Å². The van der Waals surface area contributed by atoms with Crippen molar-refractivity contribution in [2.45, 2.75) is 26.7 Å². The first-order chi connectivity index (χ1) is 8.65. The number of unbranched alkanes of at least 4 members (excludes halogenated alkanes) is 1. The van der Waals surface area contributed by atoms with Crippen LogP contribution in [0, 0.1) is 6.92 Å². The molecule has 0 saturated heterocycles. The van der Waals surface area contributed by atoms with E-state index in [1.54, 1.807) is 25.1 Å². The Morgan fingerprint density at radius 1 is 1.28 bits per heavy atom. The number of benzene rings is 1. The number of rotatable bonds is 8. The summed E-state index contributed by atoms with van der Waals surface area (Å²) in [5.74, 6) is -0.237. The molecule has 0 aromatic heterocycles. The van der Waals surface area contributed by atoms with Crippen LogP contribution < -0.4 is 4.74 Å². The van der Waals surface area contributed by atoms with Gasteiger partial charge in [-0.05, 0) is 37.1 Å². The lowest BCUT2D eigenvalue weighted by Crippen LogP contribution is -2.08. The van der Waals surface area contributed by atoms with Gasteiger partial charge in [-0.25, -0.2) is 4.79 Å². The number of aromatic carboxylic acids is 1. The van der Waals surface area contributed by atoms with Gasteiger partial charge >= 0.3 is 5.97 Å². The highest BCUT2D eigenvalue weighted by molar-refractivity contribution is 5.89. The van der Waals surface area contributed by atoms with Crippen molar-refractivity contribution in [2.24, 2.45) is 0 Å². The zero-order chi connectivity index (χ0) is 13.4. The lowest BCUT2D eigenvalue weighted by atomic mass is 10.1. The molecule has 100 valence electrons. The third-order valence-corrected chi connectivity index (χ3v) is 2.57. The molecule has 4 heteroatoms. The van der Waals surface area contributed by atoms with Crippen molar-refractivity contribution >= 4 is 5.97 Å². The molecule has 18 heavy (non-hydrogen) atoms. The van der Waals surface area contributed by atoms with E-state index in [0.29, 0.717) is 30.1 Å². The second kappa shape index (κ2) is 7.71. The average Bonchev–Trinajstić information content (AvgIpc) is 2.33. The number of aryl methyl sites for hydroxylation is 1. The van der Waals surface area contributed by atoms with Crippen molar-refractivity contribution < 1.29 is 19.4 Å². The van der Waals surface area contributed by atoms with E-state index < -0.39 is 5.97 Å². The summed E-state index contributed by atoms with van der Waals surface area (Å²) in [6, 6.07) is 4.96. The van der Waals surface area contributed by atoms with Crippen LogP contribution in [-0.2, 0) is 4.74 Å². The molecular weight excluding hydrogens is 232 g/mol. The molecule has 0 saturated carbocycles. The molecule has 0 heterocycles. The zero-order valence-electron chi connectivity index (χ0n) is 10.9. The fourth-order valence-electron chi connectivity index (χ4n) is 1.53. The Kier molecular flexibility index (Phi) is 6.22. The number of hydrogen-bond acceptors (Lipinski definition) is 3. The Morgan fingerprint density at radius 3 is 2.67 bits per heavy atom. The molecule has 0 radical (unpaired) electrons. The molecule has 0 spiro atoms. The highest BCUT2D eigenvalue weighted by Crippen LogP contribution is 2.17. The zero-order valence-corrected chi connectivity index (χ0v) is 10.9. The lowest BCUT2D eigenvalue weighted by Gasteiger charge is -2.08. The second-order valence-corrected chi connectivity index (χ2v) is 4.10. The van der Waals surface area contributed by atoms with Crippen LogP contribution in [-0.4, -0.2) is 30.9 Å². The van der Waals surface area contributed by atoms with Crippen molar-refractivity contribution in [3.05, 3.63) is 29.3 Å². The summed E-state index contributed by atoms with van der Waals surface area (Å²) in [6.07, 6.45) is 2.18. The minimum absolute atomic E-state index is 0.307. The second-order valence-electron chi connectivity index (χ2n) is 4.10. The number of ether oxygens (including phenoxy) is 2. The minimum Gasteiger partial charge on any atom is -0.491 e. The third kappa shape index (κ3) is 4.75. The molecule has 0 bridgehead atoms. The fraction of sp³-hybridized carbons (Fsp3) is 0.500. The molecule has 0 aliphatic heterocycles. The van der Waals surface area contributed by atoms with Crippen molar-refractivity contribution in [2.75, 3.05) is 19.8 Å². The summed E-state index contributed by atoms with van der Waals surface area (Å²) in [4.78, 5) is 10.8. The Hall–Kier alpha value is -1.55. The van der Waals surface area contributed by atoms with E-state index in [0.717, 1.165) is 19.4 Å². The van der Waals surface area contributed by atoms with Gasteiger partial charge < -0.3 is 14.6 Å². The Balaban J connectivity index is 2.35. The SMILES string of the molecule is CCCCOCCOc1ccc(C(=O)O)c(C)c1. The van der Waals surface area contributed by atoms with Gasteiger partial charge in [-0.15, -0.1) is 0 Å². The largest absolute Gasteiger partial charge is 0.491 e. The maximum Gasteiger partial charge on any atom is 0.335 e. The summed E-state index contributed by atoms with van der Waals surface area (Å²) in [5.41, 5.74) is 1.01. The topological polar surface area (TPSA) is 55.8 Å². The monoisotopic (exact) mass is 252 g/mol. The highest BCUT2D eigenvalue weighted by atomic mass is 16.5. The average molecular weight is 252 g/mol. The van der Waals surface area contributed by atoms with Crippen molar-refractivity contribution in [3.63, 3.8) is 0 Å². The maximum absolute atomic E-state index is 10.8. The summed E-state index contributed by atoms with van der Waals surface area (Å²) in [6.45, 7) is 5.67. The van der Waals surface area contributed by atoms with Crippen LogP contribution in [0.15, 0.2) is 18.2 Å². The van der Waals surface area contributed by atoms with Crippen LogP contribution in [0.1, 0.15) is 35.7 Å². The van der Waals surface area contributed by atoms with Crippen molar-refractivity contribution in [1.29, 1.82) is 0 Å². The smallest absolute Gasteiger partial charge is 0.335 e. The molecule has 1 aromatic carbocycles. The van der Waals surface area contributed by atoms with Crippen LogP contribution in [0.3, 0.4) is 0 Å². The third-order valence-electron chi connectivity index (χ3n) is 2.57. The van der Waals surface area contributed by atoms with E-state index in [1.807, 2.05) is 0 Å². The predicted octanol–water partition coefficient (Wildman–Crippen LogP) is 2.89. The summed E-state index contributed by atoms with van der Waals surface area (Å²) in [7, 11) is 0. The van der Waals surface area contributed by atoms with Crippen LogP contribution in [0.25, 0.3) is 0 Å². The van der Waals surface area contributed by atoms with E-state index >= 15 is 0 Å². The van der Waals surface area contributed by atoms with Crippen molar-refractivity contribution in [3.8, 4) is 5.75 Å². The van der Waals surface area contributed by atoms with E-state index in [-0.39, 0.29) is 0 Å². The maximum atomic E-state index is 10.8. The van der Waals surface area contributed by atoms with E-state index in [2.05, 4.69) is 6.92 Å². The molecular formula is C14H20O4. The van der Waals surface area contributed by atoms with Crippen LogP contribution in [0.5, 0.6) is 5.75 Å². The van der Waals surface area contributed by atoms with E-state index in [1.165, 1.54) is 0 Å². The number of carboxylic acid groups (broad SMARTS) is 1. The quantitative estimate of drug-likeness (QED) is 0.723. The number of carboxylic acids is 1. The molecule has 0 atom stereocenters. The van der Waals surface area contributed by atoms with Gasteiger partial charge in [-0.1, -0.05) is 13.3 Å². The fourth-order valence-corrected chi connectivity index (χ4v) is 1.53. The standard InChI is InChI=1S/C14H20O4/c1-3-4-7-17-8-9-18-12-5-6-13(14(15)16)11(2)10-12/h5-6,10H,3-4,7-9H2,1-2H3,(H,15,16). The van der Waals surface area contributed by atoms with Crippen molar-refractivity contribution in [1.82, 2.24) is 0 Å². The number of hydrogen-bond donors (Lipinski definition) is 1. The van der Waals surface area contributed by atoms with Crippen LogP contribution in [0.4, 0.5) is 0 Å². The molecule has 1 rings (SSSR count). The number of carbonyl (C=O) groups is 1. The Morgan fingerprint density at radius 2 is 2.06 bits per heavy atom. The Labute approximate surface area is 108 Å². The van der Waals surface area contributed by atoms with E-state index in [9.17, 15) is 4.79 Å². The van der Waals surface area contributed by atoms with Gasteiger partial charge in [-0.2, -0.15) is 0 Å². The first-order valence-electron chi connectivity index (χ1n) is 6.19. The lowest BCUT2D eigenvalue weighted by molar-refractivity contribution is 0.0696. The van der Waals surface area contributed by atoms with E-state index in [4.69, 9.17) is 14.6 Å². The molecule has 1 aromatic rings. The summed E-state index contributed by atoms with van der Waals surface area (Å²) >= 11 is 0. The van der Waals surface area contributed by atoms with Gasteiger partial charge in [0.1, 0.15) is 12.4 Å². The first-order valence-corrected chi connectivity index (χ1v) is 6.19. The highest BCUT2D eigenvalue weighted by Gasteiger charge is 2.07. The molecule has 0 aliphatic rings. The summed E-state index contributed by atoms with van der Waals surface area (Å²) < 4.78 is 10.9. The normalized spacial score (nSPS) is 10.3. The van der Waals surface area contributed by atoms with Gasteiger partial charge in [0.15, 0.2) is 0 Å². The predicted molar refractivity (Wildman–Crippen MR) is 69.4 cm³/mol. The first kappa shape index (κ1) is 14.5. The van der Waals surface area contributed by atoms with Gasteiger partial charge in [0.05, 0.1) is 12.2 Å². The molecule has 0 amide bonds. The molecule has 4 nitrogen and oxygen atoms in total. The van der Waals surface area contributed by atoms with Gasteiger partial charge in [0, 0.05) is 6.61 Å². The summed E-state index contributed by atoms with van der Waals surface area (Å²) in [5, 5.41) is 8.89. The van der Waals surface area contributed by atoms with Crippen LogP contribution >= 0.6 is 0 Å². The Bertz CT molecular complexity index is 387. The van der Waals surface area contributed by atoms with Gasteiger partial charge in [0.2, 0.25) is 0 Å².